The van der Waals surface area contributed by atoms with E-state index in [2.05, 4.69) is 6.58 Å². The van der Waals surface area contributed by atoms with Gasteiger partial charge in [-0.1, -0.05) is 31.4 Å². The van der Waals surface area contributed by atoms with Gasteiger partial charge in [-0.3, -0.25) is 0 Å². The van der Waals surface area contributed by atoms with E-state index in [0.29, 0.717) is 5.88 Å². The highest BCUT2D eigenvalue weighted by Gasteiger charge is 2.14. The highest BCUT2D eigenvalue weighted by atomic mass is 35.5. The second-order valence-corrected chi connectivity index (χ2v) is 3.39. The fraction of sp³-hybridized carbons (Fsp3) is 0.778. The zero-order valence-electron chi connectivity index (χ0n) is 6.41. The van der Waals surface area contributed by atoms with E-state index in [1.807, 2.05) is 0 Å². The Bertz CT molecular complexity index is 112. The molecule has 0 bridgehead atoms. The number of hydrogen-bond acceptors (Lipinski definition) is 0. The maximum absolute atomic E-state index is 5.69. The van der Waals surface area contributed by atoms with Gasteiger partial charge >= 0.3 is 0 Å². The van der Waals surface area contributed by atoms with Crippen LogP contribution in [0.5, 0.6) is 0 Å². The third-order valence-corrected chi connectivity index (χ3v) is 2.70. The molecule has 0 aromatic carbocycles. The Balaban J connectivity index is 2.31. The molecule has 58 valence electrons. The molecule has 0 N–H and O–H groups in total. The number of hydrogen-bond donors (Lipinski definition) is 0. The van der Waals surface area contributed by atoms with Gasteiger partial charge in [-0.2, -0.15) is 0 Å². The van der Waals surface area contributed by atoms with Gasteiger partial charge in [0.1, 0.15) is 0 Å². The molecule has 0 aromatic heterocycles. The van der Waals surface area contributed by atoms with Crippen LogP contribution in [0.15, 0.2) is 12.2 Å². The Kier molecular flexibility index (Phi) is 3.27. The molecule has 0 saturated heterocycles. The van der Waals surface area contributed by atoms with Crippen molar-refractivity contribution in [2.45, 2.75) is 32.1 Å². The Morgan fingerprint density at radius 1 is 1.30 bits per heavy atom. The largest absolute Gasteiger partial charge is 0.122 e. The van der Waals surface area contributed by atoms with Crippen molar-refractivity contribution in [3.8, 4) is 0 Å². The molecular weight excluding hydrogens is 144 g/mol. The van der Waals surface area contributed by atoms with Gasteiger partial charge in [0.05, 0.1) is 0 Å². The summed E-state index contributed by atoms with van der Waals surface area (Å²) in [5, 5.41) is 0. The zero-order chi connectivity index (χ0) is 7.40. The molecule has 0 amide bonds. The predicted molar refractivity (Wildman–Crippen MR) is 46.4 cm³/mol. The van der Waals surface area contributed by atoms with Crippen LogP contribution < -0.4 is 0 Å². The normalized spacial score (nSPS) is 20.9. The lowest BCUT2D eigenvalue weighted by atomic mass is 9.85. The summed E-state index contributed by atoms with van der Waals surface area (Å²) in [4.78, 5) is 0. The molecule has 0 atom stereocenters. The van der Waals surface area contributed by atoms with Gasteiger partial charge in [0.15, 0.2) is 0 Å². The summed E-state index contributed by atoms with van der Waals surface area (Å²) in [5.41, 5.74) is 1.25. The highest BCUT2D eigenvalue weighted by Crippen LogP contribution is 2.28. The molecular formula is C9H15Cl. The monoisotopic (exact) mass is 158 g/mol. The molecule has 0 unspecified atom stereocenters. The Morgan fingerprint density at radius 3 is 2.40 bits per heavy atom. The zero-order valence-corrected chi connectivity index (χ0v) is 7.16. The van der Waals surface area contributed by atoms with Crippen molar-refractivity contribution in [1.29, 1.82) is 0 Å². The predicted octanol–water partition coefficient (Wildman–Crippen LogP) is 3.36. The van der Waals surface area contributed by atoms with Crippen LogP contribution >= 0.6 is 11.6 Å². The fourth-order valence-electron chi connectivity index (χ4n) is 1.62. The first-order valence-electron chi connectivity index (χ1n) is 4.08. The number of halogens is 1. The van der Waals surface area contributed by atoms with Crippen molar-refractivity contribution >= 4 is 11.6 Å². The first-order valence-corrected chi connectivity index (χ1v) is 4.61. The van der Waals surface area contributed by atoms with E-state index in [0.717, 1.165) is 5.92 Å². The smallest absolute Gasteiger partial charge is 0.0433 e. The standard InChI is InChI=1S/C9H15Cl/c1-8(7-10)9-5-3-2-4-6-9/h9H,1-7H2. The number of alkyl halides is 1. The molecule has 0 radical (unpaired) electrons. The topological polar surface area (TPSA) is 0 Å². The highest BCUT2D eigenvalue weighted by molar-refractivity contribution is 6.19. The third-order valence-electron chi connectivity index (χ3n) is 2.35. The molecule has 1 heteroatoms. The minimum atomic E-state index is 0.657. The second kappa shape index (κ2) is 4.02. The van der Waals surface area contributed by atoms with E-state index < -0.39 is 0 Å². The molecule has 0 heterocycles. The molecule has 0 aromatic rings. The lowest BCUT2D eigenvalue weighted by Crippen LogP contribution is -2.08. The van der Waals surface area contributed by atoms with E-state index in [1.54, 1.807) is 0 Å². The van der Waals surface area contributed by atoms with Crippen LogP contribution in [0.3, 0.4) is 0 Å². The summed E-state index contributed by atoms with van der Waals surface area (Å²) in [7, 11) is 0. The molecule has 1 aliphatic rings. The number of allylic oxidation sites excluding steroid dienone is 1. The van der Waals surface area contributed by atoms with Gasteiger partial charge in [0, 0.05) is 5.88 Å². The van der Waals surface area contributed by atoms with Crippen LogP contribution in [-0.2, 0) is 0 Å². The number of rotatable bonds is 2. The molecule has 0 nitrogen and oxygen atoms in total. The molecule has 10 heavy (non-hydrogen) atoms. The maximum Gasteiger partial charge on any atom is 0.0433 e. The molecule has 1 rings (SSSR count). The molecule has 1 fully saturated rings. The summed E-state index contributed by atoms with van der Waals surface area (Å²) in [6.45, 7) is 3.96. The van der Waals surface area contributed by atoms with Crippen molar-refractivity contribution < 1.29 is 0 Å². The van der Waals surface area contributed by atoms with Crippen molar-refractivity contribution in [2.24, 2.45) is 5.92 Å². The van der Waals surface area contributed by atoms with E-state index in [1.165, 1.54) is 37.7 Å². The van der Waals surface area contributed by atoms with E-state index in [4.69, 9.17) is 11.6 Å². The van der Waals surface area contributed by atoms with E-state index >= 15 is 0 Å². The first kappa shape index (κ1) is 8.13. The molecule has 0 spiro atoms. The second-order valence-electron chi connectivity index (χ2n) is 3.13. The quantitative estimate of drug-likeness (QED) is 0.427. The van der Waals surface area contributed by atoms with Crippen molar-refractivity contribution in [3.05, 3.63) is 12.2 Å². The average molecular weight is 159 g/mol. The lowest BCUT2D eigenvalue weighted by molar-refractivity contribution is 0.404. The summed E-state index contributed by atoms with van der Waals surface area (Å²) in [6, 6.07) is 0. The molecule has 1 saturated carbocycles. The molecule has 1 aliphatic carbocycles. The first-order chi connectivity index (χ1) is 4.84. The maximum atomic E-state index is 5.69. The fourth-order valence-corrected chi connectivity index (χ4v) is 1.84. The van der Waals surface area contributed by atoms with Crippen LogP contribution in [0.1, 0.15) is 32.1 Å². The Labute approximate surface area is 68.3 Å². The van der Waals surface area contributed by atoms with Crippen molar-refractivity contribution in [2.75, 3.05) is 5.88 Å². The van der Waals surface area contributed by atoms with Gasteiger partial charge < -0.3 is 0 Å². The van der Waals surface area contributed by atoms with Crippen molar-refractivity contribution in [3.63, 3.8) is 0 Å². The van der Waals surface area contributed by atoms with E-state index in [-0.39, 0.29) is 0 Å². The van der Waals surface area contributed by atoms with Crippen molar-refractivity contribution in [1.82, 2.24) is 0 Å². The summed E-state index contributed by atoms with van der Waals surface area (Å²) in [6.07, 6.45) is 6.81. The Hall–Kier alpha value is 0.0300. The lowest BCUT2D eigenvalue weighted by Gasteiger charge is -2.22. The van der Waals surface area contributed by atoms with Gasteiger partial charge in [-0.05, 0) is 18.8 Å². The van der Waals surface area contributed by atoms with Gasteiger partial charge in [0.25, 0.3) is 0 Å². The Morgan fingerprint density at radius 2 is 1.90 bits per heavy atom. The summed E-state index contributed by atoms with van der Waals surface area (Å²) < 4.78 is 0. The summed E-state index contributed by atoms with van der Waals surface area (Å²) >= 11 is 5.69. The van der Waals surface area contributed by atoms with Crippen LogP contribution in [0.2, 0.25) is 0 Å². The molecule has 0 aliphatic heterocycles. The van der Waals surface area contributed by atoms with Crippen LogP contribution in [0.4, 0.5) is 0 Å². The van der Waals surface area contributed by atoms with Gasteiger partial charge in [-0.15, -0.1) is 11.6 Å². The average Bonchev–Trinajstić information content (AvgIpc) is 2.05. The SMILES string of the molecule is C=C(CCl)C1CCCCC1. The van der Waals surface area contributed by atoms with Crippen LogP contribution in [0, 0.1) is 5.92 Å². The van der Waals surface area contributed by atoms with E-state index in [9.17, 15) is 0 Å². The van der Waals surface area contributed by atoms with Crippen LogP contribution in [-0.4, -0.2) is 5.88 Å². The van der Waals surface area contributed by atoms with Gasteiger partial charge in [0.2, 0.25) is 0 Å². The third kappa shape index (κ3) is 2.02. The van der Waals surface area contributed by atoms with Gasteiger partial charge in [-0.25, -0.2) is 0 Å². The summed E-state index contributed by atoms with van der Waals surface area (Å²) in [5.74, 6) is 1.40. The minimum Gasteiger partial charge on any atom is -0.122 e. The van der Waals surface area contributed by atoms with Crippen LogP contribution in [0.25, 0.3) is 0 Å². The minimum absolute atomic E-state index is 0.657.